The quantitative estimate of drug-likeness (QED) is 0.918. The lowest BCUT2D eigenvalue weighted by molar-refractivity contribution is -0.120. The Kier molecular flexibility index (Phi) is 7.87. The lowest BCUT2D eigenvalue weighted by Crippen LogP contribution is -2.22. The molecule has 0 aliphatic carbocycles. The van der Waals surface area contributed by atoms with Gasteiger partial charge in [-0.2, -0.15) is 0 Å². The van der Waals surface area contributed by atoms with Gasteiger partial charge in [0.25, 0.3) is 0 Å². The van der Waals surface area contributed by atoms with Crippen molar-refractivity contribution in [3.63, 3.8) is 0 Å². The van der Waals surface area contributed by atoms with Crippen molar-refractivity contribution in [2.24, 2.45) is 0 Å². The molecule has 21 heavy (non-hydrogen) atoms. The summed E-state index contributed by atoms with van der Waals surface area (Å²) in [5, 5.41) is 2.60. The van der Waals surface area contributed by atoms with Gasteiger partial charge in [-0.25, -0.2) is 4.98 Å². The topological polar surface area (TPSA) is 46.9 Å². The molecule has 2 rings (SSSR count). The summed E-state index contributed by atoms with van der Waals surface area (Å²) in [6.07, 6.45) is 6.57. The second-order valence-electron chi connectivity index (χ2n) is 4.81. The van der Waals surface area contributed by atoms with Crippen LogP contribution in [0.3, 0.4) is 0 Å². The molecular weight excluding hydrogens is 262 g/mol. The Bertz CT molecular complexity index is 524. The smallest absolute Gasteiger partial charge is 0.227 e. The van der Waals surface area contributed by atoms with Crippen molar-refractivity contribution >= 4 is 5.91 Å². The fourth-order valence-electron chi connectivity index (χ4n) is 1.66. The molecular formula is C17H27N3O. The Morgan fingerprint density at radius 3 is 2.48 bits per heavy atom. The summed E-state index contributed by atoms with van der Waals surface area (Å²) in [6.45, 7) is 5.10. The third-order valence-electron chi connectivity index (χ3n) is 3.09. The molecule has 2 aromatic rings. The molecule has 116 valence electrons. The first kappa shape index (κ1) is 17.0. The molecule has 4 nitrogen and oxygen atoms in total. The van der Waals surface area contributed by atoms with E-state index in [0.29, 0.717) is 6.42 Å². The van der Waals surface area contributed by atoms with Crippen molar-refractivity contribution in [2.45, 2.75) is 39.7 Å². The first-order valence-electron chi connectivity index (χ1n) is 7.45. The van der Waals surface area contributed by atoms with Gasteiger partial charge in [-0.15, -0.1) is 0 Å². The number of carbonyl (C=O) groups excluding carboxylic acids is 1. The summed E-state index contributed by atoms with van der Waals surface area (Å²) in [5.74, 6) is 0.763. The first-order chi connectivity index (χ1) is 10.2. The molecule has 0 atom stereocenters. The van der Waals surface area contributed by atoms with Crippen molar-refractivity contribution in [3.8, 4) is 0 Å². The maximum absolute atomic E-state index is 11.3. The van der Waals surface area contributed by atoms with Crippen LogP contribution in [0.4, 0.5) is 0 Å². The molecule has 0 fully saturated rings. The molecule has 0 saturated carbocycles. The minimum atomic E-state index is -0.0227. The van der Waals surface area contributed by atoms with Crippen molar-refractivity contribution in [1.29, 1.82) is 0 Å². The Balaban J connectivity index is 0.000000791. The number of hydrogen-bond donors (Lipinski definition) is 1. The highest BCUT2D eigenvalue weighted by molar-refractivity contribution is 5.77. The highest BCUT2D eigenvalue weighted by atomic mass is 16.1. The number of aromatic nitrogens is 2. The summed E-state index contributed by atoms with van der Waals surface area (Å²) in [7, 11) is 1.63. The predicted molar refractivity (Wildman–Crippen MR) is 88.2 cm³/mol. The van der Waals surface area contributed by atoms with E-state index in [1.807, 2.05) is 29.0 Å². The first-order valence-corrected chi connectivity index (χ1v) is 7.45. The second kappa shape index (κ2) is 9.75. The number of likely N-dealkylation sites (N-methyl/N-ethyl adjacent to an activating group) is 1. The van der Waals surface area contributed by atoms with Gasteiger partial charge in [-0.3, -0.25) is 4.79 Å². The van der Waals surface area contributed by atoms with E-state index in [0.717, 1.165) is 12.4 Å². The van der Waals surface area contributed by atoms with Crippen LogP contribution in [0.15, 0.2) is 42.7 Å². The van der Waals surface area contributed by atoms with Gasteiger partial charge in [-0.1, -0.05) is 57.0 Å². The third-order valence-corrected chi connectivity index (χ3v) is 3.09. The van der Waals surface area contributed by atoms with Crippen LogP contribution in [0.2, 0.25) is 0 Å². The van der Waals surface area contributed by atoms with Gasteiger partial charge in [0, 0.05) is 27.4 Å². The maximum Gasteiger partial charge on any atom is 0.227 e. The maximum atomic E-state index is 11.3. The highest BCUT2D eigenvalue weighted by Gasteiger charge is 2.07. The van der Waals surface area contributed by atoms with Crippen LogP contribution in [0.1, 0.15) is 39.5 Å². The van der Waals surface area contributed by atoms with Gasteiger partial charge in [-0.05, 0) is 5.56 Å². The minimum Gasteiger partial charge on any atom is -0.359 e. The Morgan fingerprint density at radius 2 is 1.90 bits per heavy atom. The molecule has 1 aromatic heterocycles. The summed E-state index contributed by atoms with van der Waals surface area (Å²) >= 11 is 0. The van der Waals surface area contributed by atoms with Gasteiger partial charge in [0.05, 0.1) is 6.42 Å². The van der Waals surface area contributed by atoms with Crippen LogP contribution in [-0.2, 0) is 17.8 Å². The zero-order chi connectivity index (χ0) is 15.5. The number of hydrogen-bond acceptors (Lipinski definition) is 2. The number of rotatable bonds is 5. The molecule has 4 heteroatoms. The normalized spacial score (nSPS) is 9.67. The number of benzene rings is 1. The van der Waals surface area contributed by atoms with Gasteiger partial charge in [0.1, 0.15) is 5.82 Å². The molecule has 1 heterocycles. The van der Waals surface area contributed by atoms with Crippen LogP contribution in [0.25, 0.3) is 0 Å². The number of unbranched alkanes of at least 4 members (excludes halogenated alkanes) is 1. The van der Waals surface area contributed by atoms with E-state index >= 15 is 0 Å². The van der Waals surface area contributed by atoms with Crippen molar-refractivity contribution in [2.75, 3.05) is 7.05 Å². The number of amides is 1. The number of nitrogens with one attached hydrogen (secondary N) is 1. The van der Waals surface area contributed by atoms with E-state index in [4.69, 9.17) is 0 Å². The summed E-state index contributed by atoms with van der Waals surface area (Å²) in [6, 6.07) is 10.1. The molecule has 0 radical (unpaired) electrons. The Morgan fingerprint density at radius 1 is 1.24 bits per heavy atom. The van der Waals surface area contributed by atoms with Gasteiger partial charge >= 0.3 is 0 Å². The monoisotopic (exact) mass is 289 g/mol. The van der Waals surface area contributed by atoms with Crippen molar-refractivity contribution in [3.05, 3.63) is 54.1 Å². The average Bonchev–Trinajstić information content (AvgIpc) is 2.95. The lowest BCUT2D eigenvalue weighted by atomic mass is 10.2. The fraction of sp³-hybridized carbons (Fsp3) is 0.412. The standard InChI is InChI=1S/C13H15N3O.C4H10.H2/c1-14-13(17)9-12-15-7-8-16(12)10-11-5-3-2-4-6-11;1-3-4-2;/h2-8H,9-10H2,1H3,(H,14,17);3-4H2,1-2H3;1H. The summed E-state index contributed by atoms with van der Waals surface area (Å²) < 4.78 is 1.99. The molecule has 0 saturated heterocycles. The average molecular weight is 289 g/mol. The zero-order valence-electron chi connectivity index (χ0n) is 13.2. The van der Waals surface area contributed by atoms with Crippen LogP contribution in [-0.4, -0.2) is 22.5 Å². The number of nitrogens with zero attached hydrogens (tertiary/aromatic N) is 2. The largest absolute Gasteiger partial charge is 0.359 e. The van der Waals surface area contributed by atoms with E-state index in [1.54, 1.807) is 13.2 Å². The third kappa shape index (κ3) is 6.25. The van der Waals surface area contributed by atoms with Crippen LogP contribution in [0, 0.1) is 0 Å². The number of imidazole rings is 1. The second-order valence-corrected chi connectivity index (χ2v) is 4.81. The Labute approximate surface area is 128 Å². The molecule has 0 spiro atoms. The lowest BCUT2D eigenvalue weighted by Gasteiger charge is -2.07. The van der Waals surface area contributed by atoms with E-state index in [-0.39, 0.29) is 7.33 Å². The fourth-order valence-corrected chi connectivity index (χ4v) is 1.66. The predicted octanol–water partition coefficient (Wildman–Crippen LogP) is 3.27. The molecule has 0 aliphatic heterocycles. The summed E-state index contributed by atoms with van der Waals surface area (Å²) in [4.78, 5) is 15.5. The van der Waals surface area contributed by atoms with Crippen LogP contribution in [0.5, 0.6) is 0 Å². The number of carbonyl (C=O) groups is 1. The zero-order valence-corrected chi connectivity index (χ0v) is 13.2. The van der Waals surface area contributed by atoms with E-state index in [9.17, 15) is 4.79 Å². The molecule has 0 unspecified atom stereocenters. The summed E-state index contributed by atoms with van der Waals surface area (Å²) in [5.41, 5.74) is 1.20. The molecule has 0 bridgehead atoms. The SMILES string of the molecule is CCCC.CNC(=O)Cc1nccn1Cc1ccccc1.[HH]. The molecule has 1 aromatic carbocycles. The molecule has 1 amide bonds. The minimum absolute atomic E-state index is 0. The van der Waals surface area contributed by atoms with E-state index in [1.165, 1.54) is 18.4 Å². The molecule has 0 aliphatic rings. The Hall–Kier alpha value is -2.10. The van der Waals surface area contributed by atoms with Crippen LogP contribution < -0.4 is 5.32 Å². The van der Waals surface area contributed by atoms with Crippen molar-refractivity contribution < 1.29 is 6.22 Å². The van der Waals surface area contributed by atoms with Gasteiger partial charge in [0.2, 0.25) is 5.91 Å². The molecule has 1 N–H and O–H groups in total. The van der Waals surface area contributed by atoms with E-state index < -0.39 is 0 Å². The van der Waals surface area contributed by atoms with Gasteiger partial charge in [0.15, 0.2) is 0 Å². The van der Waals surface area contributed by atoms with Gasteiger partial charge < -0.3 is 9.88 Å². The van der Waals surface area contributed by atoms with Crippen LogP contribution >= 0.6 is 0 Å². The highest BCUT2D eigenvalue weighted by Crippen LogP contribution is 2.05. The van der Waals surface area contributed by atoms with E-state index in [2.05, 4.69) is 36.3 Å². The van der Waals surface area contributed by atoms with Crippen molar-refractivity contribution in [1.82, 2.24) is 14.9 Å².